The summed E-state index contributed by atoms with van der Waals surface area (Å²) in [6.45, 7) is 2.53. The molecule has 0 spiro atoms. The van der Waals surface area contributed by atoms with Gasteiger partial charge in [-0.05, 0) is 25.3 Å². The van der Waals surface area contributed by atoms with Gasteiger partial charge in [0.05, 0.1) is 0 Å². The predicted molar refractivity (Wildman–Crippen MR) is 60.1 cm³/mol. The molecule has 1 N–H and O–H groups in total. The van der Waals surface area contributed by atoms with Crippen molar-refractivity contribution in [1.82, 2.24) is 5.32 Å². The first-order valence-electron chi connectivity index (χ1n) is 6.01. The summed E-state index contributed by atoms with van der Waals surface area (Å²) < 4.78 is 40.2. The van der Waals surface area contributed by atoms with Crippen molar-refractivity contribution in [3.8, 4) is 0 Å². The minimum atomic E-state index is -0.868. The number of nitrogens with one attached hydrogen (secondary N) is 1. The highest BCUT2D eigenvalue weighted by atomic mass is 19.1. The maximum atomic E-state index is 13.7. The van der Waals surface area contributed by atoms with Crippen LogP contribution >= 0.6 is 0 Å². The first-order valence-corrected chi connectivity index (χ1v) is 6.01. The van der Waals surface area contributed by atoms with Crippen LogP contribution in [0.3, 0.4) is 0 Å². The molecule has 0 radical (unpaired) electrons. The van der Waals surface area contributed by atoms with Gasteiger partial charge in [0.15, 0.2) is 0 Å². The summed E-state index contributed by atoms with van der Waals surface area (Å²) in [4.78, 5) is 0. The molecule has 1 fully saturated rings. The van der Waals surface area contributed by atoms with E-state index in [0.29, 0.717) is 6.54 Å². The van der Waals surface area contributed by atoms with Gasteiger partial charge in [-0.2, -0.15) is 0 Å². The van der Waals surface area contributed by atoms with Crippen molar-refractivity contribution < 1.29 is 13.2 Å². The molecule has 1 atom stereocenters. The third-order valence-corrected chi connectivity index (χ3v) is 3.40. The van der Waals surface area contributed by atoms with Crippen LogP contribution in [-0.2, 0) is 0 Å². The van der Waals surface area contributed by atoms with Crippen LogP contribution in [0.5, 0.6) is 0 Å². The first-order chi connectivity index (χ1) is 8.13. The monoisotopic (exact) mass is 243 g/mol. The standard InChI is InChI=1S/C13H16F3N/c1-2-17-13(8-4-3-5-8)12-10(15)6-9(14)7-11(12)16/h6-8,13,17H,2-5H2,1H3. The topological polar surface area (TPSA) is 12.0 Å². The van der Waals surface area contributed by atoms with E-state index in [1.165, 1.54) is 0 Å². The minimum Gasteiger partial charge on any atom is -0.310 e. The van der Waals surface area contributed by atoms with Gasteiger partial charge in [0.1, 0.15) is 17.5 Å². The summed E-state index contributed by atoms with van der Waals surface area (Å²) in [5.41, 5.74) is -0.0158. The third kappa shape index (κ3) is 2.46. The normalized spacial score (nSPS) is 17.9. The predicted octanol–water partition coefficient (Wildman–Crippen LogP) is 3.55. The van der Waals surface area contributed by atoms with Crippen molar-refractivity contribution in [1.29, 1.82) is 0 Å². The second kappa shape index (κ2) is 5.08. The average Bonchev–Trinajstić information content (AvgIpc) is 2.13. The number of halogens is 3. The Bertz CT molecular complexity index is 379. The van der Waals surface area contributed by atoms with Crippen molar-refractivity contribution in [2.45, 2.75) is 32.2 Å². The van der Waals surface area contributed by atoms with Crippen molar-refractivity contribution in [3.05, 3.63) is 35.1 Å². The van der Waals surface area contributed by atoms with Crippen LogP contribution in [0.2, 0.25) is 0 Å². The van der Waals surface area contributed by atoms with Crippen LogP contribution in [-0.4, -0.2) is 6.54 Å². The highest BCUT2D eigenvalue weighted by Crippen LogP contribution is 2.39. The van der Waals surface area contributed by atoms with E-state index in [1.807, 2.05) is 6.92 Å². The fourth-order valence-electron chi connectivity index (χ4n) is 2.35. The molecule has 1 aliphatic rings. The van der Waals surface area contributed by atoms with E-state index in [2.05, 4.69) is 5.32 Å². The fourth-order valence-corrected chi connectivity index (χ4v) is 2.35. The van der Waals surface area contributed by atoms with E-state index in [-0.39, 0.29) is 17.5 Å². The second-order valence-corrected chi connectivity index (χ2v) is 4.51. The Morgan fingerprint density at radius 1 is 1.24 bits per heavy atom. The highest BCUT2D eigenvalue weighted by Gasteiger charge is 2.31. The molecule has 1 aliphatic carbocycles. The zero-order valence-corrected chi connectivity index (χ0v) is 9.77. The lowest BCUT2D eigenvalue weighted by atomic mass is 9.77. The van der Waals surface area contributed by atoms with Gasteiger partial charge in [0, 0.05) is 23.7 Å². The Kier molecular flexibility index (Phi) is 3.72. The van der Waals surface area contributed by atoms with Crippen molar-refractivity contribution in [3.63, 3.8) is 0 Å². The van der Waals surface area contributed by atoms with Gasteiger partial charge in [-0.25, -0.2) is 13.2 Å². The summed E-state index contributed by atoms with van der Waals surface area (Å²) in [5.74, 6) is -2.20. The molecule has 17 heavy (non-hydrogen) atoms. The van der Waals surface area contributed by atoms with E-state index in [4.69, 9.17) is 0 Å². The largest absolute Gasteiger partial charge is 0.310 e. The quantitative estimate of drug-likeness (QED) is 0.852. The SMILES string of the molecule is CCNC(c1c(F)cc(F)cc1F)C1CCC1. The number of benzene rings is 1. The molecule has 1 saturated carbocycles. The molecule has 4 heteroatoms. The molecular weight excluding hydrogens is 227 g/mol. The Balaban J connectivity index is 2.34. The van der Waals surface area contributed by atoms with Crippen LogP contribution in [0.25, 0.3) is 0 Å². The summed E-state index contributed by atoms with van der Waals surface area (Å²) in [6.07, 6.45) is 3.03. The Labute approximate surface area is 99.0 Å². The molecule has 1 nitrogen and oxygen atoms in total. The Morgan fingerprint density at radius 3 is 2.24 bits per heavy atom. The molecule has 94 valence electrons. The molecule has 0 heterocycles. The van der Waals surface area contributed by atoms with Gasteiger partial charge in [0.2, 0.25) is 0 Å². The second-order valence-electron chi connectivity index (χ2n) is 4.51. The molecule has 0 aliphatic heterocycles. The van der Waals surface area contributed by atoms with E-state index in [0.717, 1.165) is 31.4 Å². The molecule has 0 bridgehead atoms. The summed E-state index contributed by atoms with van der Waals surface area (Å²) in [6, 6.07) is 1.16. The number of hydrogen-bond donors (Lipinski definition) is 1. The van der Waals surface area contributed by atoms with Crippen LogP contribution < -0.4 is 5.32 Å². The maximum Gasteiger partial charge on any atom is 0.133 e. The smallest absolute Gasteiger partial charge is 0.133 e. The number of rotatable bonds is 4. The molecule has 0 amide bonds. The summed E-state index contributed by atoms with van der Waals surface area (Å²) >= 11 is 0. The molecule has 0 aromatic heterocycles. The third-order valence-electron chi connectivity index (χ3n) is 3.40. The van der Waals surface area contributed by atoms with Gasteiger partial charge in [0.25, 0.3) is 0 Å². The summed E-state index contributed by atoms with van der Waals surface area (Å²) in [5, 5.41) is 3.10. The van der Waals surface area contributed by atoms with Crippen molar-refractivity contribution >= 4 is 0 Å². The molecule has 1 aromatic carbocycles. The zero-order valence-electron chi connectivity index (χ0n) is 9.77. The molecule has 0 saturated heterocycles. The van der Waals surface area contributed by atoms with Gasteiger partial charge < -0.3 is 5.32 Å². The molecule has 1 unspecified atom stereocenters. The molecular formula is C13H16F3N. The lowest BCUT2D eigenvalue weighted by Gasteiger charge is -2.34. The van der Waals surface area contributed by atoms with Crippen LogP contribution in [0, 0.1) is 23.4 Å². The maximum absolute atomic E-state index is 13.7. The van der Waals surface area contributed by atoms with Gasteiger partial charge in [-0.15, -0.1) is 0 Å². The van der Waals surface area contributed by atoms with Crippen LogP contribution in [0.1, 0.15) is 37.8 Å². The molecule has 1 aromatic rings. The lowest BCUT2D eigenvalue weighted by Crippen LogP contribution is -2.33. The summed E-state index contributed by atoms with van der Waals surface area (Å²) in [7, 11) is 0. The Hall–Kier alpha value is -1.03. The molecule has 2 rings (SSSR count). The van der Waals surface area contributed by atoms with Gasteiger partial charge >= 0.3 is 0 Å². The van der Waals surface area contributed by atoms with E-state index < -0.39 is 17.5 Å². The van der Waals surface area contributed by atoms with E-state index in [9.17, 15) is 13.2 Å². The average molecular weight is 243 g/mol. The van der Waals surface area contributed by atoms with Crippen LogP contribution in [0.15, 0.2) is 12.1 Å². The minimum absolute atomic E-state index is 0.0158. The lowest BCUT2D eigenvalue weighted by molar-refractivity contribution is 0.224. The van der Waals surface area contributed by atoms with E-state index >= 15 is 0 Å². The van der Waals surface area contributed by atoms with Crippen molar-refractivity contribution in [2.75, 3.05) is 6.54 Å². The van der Waals surface area contributed by atoms with E-state index in [1.54, 1.807) is 0 Å². The van der Waals surface area contributed by atoms with Gasteiger partial charge in [-0.1, -0.05) is 13.3 Å². The first kappa shape index (κ1) is 12.4. The highest BCUT2D eigenvalue weighted by molar-refractivity contribution is 5.25. The zero-order chi connectivity index (χ0) is 12.4. The van der Waals surface area contributed by atoms with Crippen LogP contribution in [0.4, 0.5) is 13.2 Å². The van der Waals surface area contributed by atoms with Crippen molar-refractivity contribution in [2.24, 2.45) is 5.92 Å². The number of hydrogen-bond acceptors (Lipinski definition) is 1. The Morgan fingerprint density at radius 2 is 1.82 bits per heavy atom. The fraction of sp³-hybridized carbons (Fsp3) is 0.538. The van der Waals surface area contributed by atoms with Gasteiger partial charge in [-0.3, -0.25) is 0 Å².